The highest BCUT2D eigenvalue weighted by molar-refractivity contribution is 7.14. The molecule has 1 aliphatic rings. The lowest BCUT2D eigenvalue weighted by Gasteiger charge is -2.07. The molecule has 0 aliphatic carbocycles. The molecular formula is C21H16ClN3O2S. The fourth-order valence-electron chi connectivity index (χ4n) is 2.82. The number of rotatable bonds is 4. The lowest BCUT2D eigenvalue weighted by molar-refractivity contribution is -0.114. The van der Waals surface area contributed by atoms with Crippen molar-refractivity contribution in [3.63, 3.8) is 0 Å². The second-order valence-corrected chi connectivity index (χ2v) is 7.43. The number of hydrazone groups is 1. The number of methoxy groups -OCH3 is 1. The first-order chi connectivity index (χ1) is 13.5. The van der Waals surface area contributed by atoms with Crippen LogP contribution < -0.4 is 9.75 Å². The van der Waals surface area contributed by atoms with Crippen molar-refractivity contribution in [3.05, 3.63) is 70.1 Å². The smallest absolute Gasteiger partial charge is 0.282 e. The summed E-state index contributed by atoms with van der Waals surface area (Å²) in [6.07, 6.45) is 1.83. The molecular weight excluding hydrogens is 394 g/mol. The van der Waals surface area contributed by atoms with E-state index >= 15 is 0 Å². The Hall–Kier alpha value is -2.96. The molecule has 3 aromatic rings. The number of thiazole rings is 1. The van der Waals surface area contributed by atoms with Crippen molar-refractivity contribution < 1.29 is 9.53 Å². The van der Waals surface area contributed by atoms with E-state index in [1.165, 1.54) is 16.3 Å². The molecule has 0 fully saturated rings. The molecule has 28 heavy (non-hydrogen) atoms. The van der Waals surface area contributed by atoms with Gasteiger partial charge in [0.15, 0.2) is 0 Å². The van der Waals surface area contributed by atoms with Gasteiger partial charge in [0.25, 0.3) is 5.91 Å². The van der Waals surface area contributed by atoms with Gasteiger partial charge in [-0.15, -0.1) is 11.3 Å². The van der Waals surface area contributed by atoms with Crippen molar-refractivity contribution in [2.75, 3.05) is 12.1 Å². The van der Waals surface area contributed by atoms with Crippen LogP contribution in [0, 0.1) is 0 Å². The summed E-state index contributed by atoms with van der Waals surface area (Å²) in [4.78, 5) is 17.5. The molecule has 0 saturated heterocycles. The molecule has 0 spiro atoms. The highest BCUT2D eigenvalue weighted by atomic mass is 35.5. The quantitative estimate of drug-likeness (QED) is 0.551. The Morgan fingerprint density at radius 1 is 1.18 bits per heavy atom. The molecule has 2 heterocycles. The lowest BCUT2D eigenvalue weighted by Crippen LogP contribution is -2.21. The number of anilines is 1. The number of hydrogen-bond acceptors (Lipinski definition) is 5. The van der Waals surface area contributed by atoms with Crippen molar-refractivity contribution in [1.82, 2.24) is 4.98 Å². The van der Waals surface area contributed by atoms with E-state index in [4.69, 9.17) is 16.3 Å². The van der Waals surface area contributed by atoms with Gasteiger partial charge in [-0.2, -0.15) is 10.1 Å². The molecule has 1 aromatic heterocycles. The molecule has 0 bridgehead atoms. The van der Waals surface area contributed by atoms with Gasteiger partial charge in [-0.05, 0) is 42.8 Å². The Labute approximate surface area is 171 Å². The molecule has 0 atom stereocenters. The van der Waals surface area contributed by atoms with E-state index in [1.807, 2.05) is 66.9 Å². The van der Waals surface area contributed by atoms with E-state index in [9.17, 15) is 4.79 Å². The largest absolute Gasteiger partial charge is 0.497 e. The minimum absolute atomic E-state index is 0.194. The third kappa shape index (κ3) is 3.56. The Morgan fingerprint density at radius 3 is 2.68 bits per heavy atom. The summed E-state index contributed by atoms with van der Waals surface area (Å²) in [5, 5.41) is 8.82. The molecule has 0 radical (unpaired) electrons. The van der Waals surface area contributed by atoms with E-state index < -0.39 is 0 Å². The Bertz CT molecular complexity index is 1100. The van der Waals surface area contributed by atoms with Crippen LogP contribution in [0.2, 0.25) is 5.02 Å². The zero-order valence-electron chi connectivity index (χ0n) is 15.2. The number of amides is 1. The molecule has 2 aromatic carbocycles. The monoisotopic (exact) mass is 409 g/mol. The third-order valence-electron chi connectivity index (χ3n) is 4.28. The second kappa shape index (κ2) is 7.58. The molecule has 1 aliphatic heterocycles. The summed E-state index contributed by atoms with van der Waals surface area (Å²) in [7, 11) is 1.62. The predicted octanol–water partition coefficient (Wildman–Crippen LogP) is 5.28. The summed E-state index contributed by atoms with van der Waals surface area (Å²) in [6, 6.07) is 15.0. The Morgan fingerprint density at radius 2 is 1.96 bits per heavy atom. The number of aromatic nitrogens is 1. The highest BCUT2D eigenvalue weighted by Gasteiger charge is 2.30. The minimum Gasteiger partial charge on any atom is -0.497 e. The normalized spacial score (nSPS) is 15.2. The molecule has 1 amide bonds. The number of nitrogens with zero attached hydrogens (tertiary/aromatic N) is 3. The zero-order chi connectivity index (χ0) is 19.7. The van der Waals surface area contributed by atoms with Gasteiger partial charge < -0.3 is 4.74 Å². The van der Waals surface area contributed by atoms with Crippen molar-refractivity contribution in [2.24, 2.45) is 5.10 Å². The van der Waals surface area contributed by atoms with Gasteiger partial charge >= 0.3 is 0 Å². The van der Waals surface area contributed by atoms with Gasteiger partial charge in [0, 0.05) is 16.0 Å². The number of carbonyl (C=O) groups is 1. The van der Waals surface area contributed by atoms with Gasteiger partial charge in [0.1, 0.15) is 5.75 Å². The van der Waals surface area contributed by atoms with Crippen LogP contribution >= 0.6 is 22.9 Å². The summed E-state index contributed by atoms with van der Waals surface area (Å²) in [5.74, 6) is 0.573. The lowest BCUT2D eigenvalue weighted by atomic mass is 10.1. The number of hydrogen-bond donors (Lipinski definition) is 0. The number of halogens is 1. The van der Waals surface area contributed by atoms with Crippen LogP contribution in [0.15, 0.2) is 64.6 Å². The number of ether oxygens (including phenoxy) is 1. The predicted molar refractivity (Wildman–Crippen MR) is 114 cm³/mol. The zero-order valence-corrected chi connectivity index (χ0v) is 16.8. The third-order valence-corrected chi connectivity index (χ3v) is 5.33. The van der Waals surface area contributed by atoms with Crippen LogP contribution in [0.25, 0.3) is 17.3 Å². The molecule has 7 heteroatoms. The maximum atomic E-state index is 12.9. The van der Waals surface area contributed by atoms with E-state index in [0.29, 0.717) is 21.4 Å². The molecule has 140 valence electrons. The van der Waals surface area contributed by atoms with E-state index in [2.05, 4.69) is 10.1 Å². The highest BCUT2D eigenvalue weighted by Crippen LogP contribution is 2.32. The number of benzene rings is 2. The van der Waals surface area contributed by atoms with Crippen molar-refractivity contribution in [2.45, 2.75) is 6.92 Å². The average Bonchev–Trinajstić information content (AvgIpc) is 3.29. The van der Waals surface area contributed by atoms with Crippen LogP contribution in [-0.2, 0) is 4.79 Å². The first-order valence-corrected chi connectivity index (χ1v) is 9.78. The molecule has 0 saturated carbocycles. The van der Waals surface area contributed by atoms with Gasteiger partial charge in [0.2, 0.25) is 5.13 Å². The van der Waals surface area contributed by atoms with Crippen LogP contribution in [0.1, 0.15) is 12.5 Å². The second-order valence-electron chi connectivity index (χ2n) is 6.16. The average molecular weight is 410 g/mol. The first kappa shape index (κ1) is 18.4. The first-order valence-electron chi connectivity index (χ1n) is 8.52. The van der Waals surface area contributed by atoms with Crippen LogP contribution in [0.4, 0.5) is 5.13 Å². The van der Waals surface area contributed by atoms with Crippen molar-refractivity contribution in [1.29, 1.82) is 0 Å². The maximum Gasteiger partial charge on any atom is 0.282 e. The van der Waals surface area contributed by atoms with Gasteiger partial charge in [0.05, 0.1) is 24.1 Å². The molecule has 5 nitrogen and oxygen atoms in total. The number of carbonyl (C=O) groups excluding carboxylic acids is 1. The molecule has 0 N–H and O–H groups in total. The van der Waals surface area contributed by atoms with Crippen LogP contribution in [-0.4, -0.2) is 23.7 Å². The maximum absolute atomic E-state index is 12.9. The standard InChI is InChI=1S/C21H16ClN3O2S/c1-13-18(10-14-6-8-17(27-2)9-7-14)20(26)25(24-13)21-23-19(12-28-21)15-4-3-5-16(22)11-15/h3-12H,1-2H3/b18-10-. The summed E-state index contributed by atoms with van der Waals surface area (Å²) < 4.78 is 5.17. The van der Waals surface area contributed by atoms with E-state index in [0.717, 1.165) is 22.6 Å². The van der Waals surface area contributed by atoms with Crippen molar-refractivity contribution >= 4 is 45.8 Å². The molecule has 0 unspecified atom stereocenters. The summed E-state index contributed by atoms with van der Waals surface area (Å²) in [6.45, 7) is 1.82. The summed E-state index contributed by atoms with van der Waals surface area (Å²) in [5.41, 5.74) is 3.76. The van der Waals surface area contributed by atoms with E-state index in [1.54, 1.807) is 7.11 Å². The van der Waals surface area contributed by atoms with Gasteiger partial charge in [-0.3, -0.25) is 4.79 Å². The SMILES string of the molecule is COc1ccc(/C=C2\C(=O)N(c3nc(-c4cccc(Cl)c4)cs3)N=C2C)cc1. The minimum atomic E-state index is -0.194. The fraction of sp³-hybridized carbons (Fsp3) is 0.0952. The Balaban J connectivity index is 1.60. The summed E-state index contributed by atoms with van der Waals surface area (Å²) >= 11 is 7.43. The van der Waals surface area contributed by atoms with Crippen molar-refractivity contribution in [3.8, 4) is 17.0 Å². The topological polar surface area (TPSA) is 54.8 Å². The van der Waals surface area contributed by atoms with Crippen LogP contribution in [0.5, 0.6) is 5.75 Å². The fourth-order valence-corrected chi connectivity index (χ4v) is 3.79. The Kier molecular flexibility index (Phi) is 4.98. The molecule has 4 rings (SSSR count). The van der Waals surface area contributed by atoms with Gasteiger partial charge in [-0.25, -0.2) is 4.98 Å². The van der Waals surface area contributed by atoms with Gasteiger partial charge in [-0.1, -0.05) is 35.9 Å². The van der Waals surface area contributed by atoms with Crippen LogP contribution in [0.3, 0.4) is 0 Å². The van der Waals surface area contributed by atoms with E-state index in [-0.39, 0.29) is 5.91 Å².